The SMILES string of the molecule is COc1ccc(C[P+](C[C@@H](NC(=O)c2cc(C(F)(F)F)cc(C(F)(F)F)c2)C(C)(C)C)(c2ccccc2)c2ccccc2)cc1.[Br-]. The van der Waals surface area contributed by atoms with Gasteiger partial charge in [0.1, 0.15) is 5.75 Å². The van der Waals surface area contributed by atoms with Crippen molar-refractivity contribution in [3.63, 3.8) is 0 Å². The Labute approximate surface area is 276 Å². The second-order valence-corrected chi connectivity index (χ2v) is 15.7. The monoisotopic (exact) mass is 725 g/mol. The number of alkyl halides is 6. The molecule has 1 N–H and O–H groups in total. The molecule has 0 heterocycles. The first-order chi connectivity index (χ1) is 21.0. The summed E-state index contributed by atoms with van der Waals surface area (Å²) in [5.74, 6) is -0.309. The molecular weight excluding hydrogens is 691 g/mol. The van der Waals surface area contributed by atoms with Gasteiger partial charge in [0.25, 0.3) is 5.91 Å². The van der Waals surface area contributed by atoms with Crippen LogP contribution >= 0.6 is 7.26 Å². The Morgan fingerprint density at radius 3 is 1.59 bits per heavy atom. The number of hydrogen-bond acceptors (Lipinski definition) is 2. The number of carbonyl (C=O) groups is 1. The summed E-state index contributed by atoms with van der Waals surface area (Å²) >= 11 is 0. The third kappa shape index (κ3) is 8.91. The van der Waals surface area contributed by atoms with Gasteiger partial charge < -0.3 is 27.0 Å². The first kappa shape index (κ1) is 37.1. The van der Waals surface area contributed by atoms with Gasteiger partial charge in [-0.15, -0.1) is 0 Å². The summed E-state index contributed by atoms with van der Waals surface area (Å²) in [6, 6.07) is 27.7. The summed E-state index contributed by atoms with van der Waals surface area (Å²) in [5, 5.41) is 4.96. The molecule has 0 aliphatic rings. The van der Waals surface area contributed by atoms with Crippen LogP contribution in [0.2, 0.25) is 0 Å². The van der Waals surface area contributed by atoms with Crippen LogP contribution in [0, 0.1) is 5.41 Å². The fourth-order valence-corrected chi connectivity index (χ4v) is 10.0. The normalized spacial score (nSPS) is 13.0. The molecule has 246 valence electrons. The molecule has 4 aromatic carbocycles. The Bertz CT molecular complexity index is 1520. The summed E-state index contributed by atoms with van der Waals surface area (Å²) in [4.78, 5) is 13.6. The molecule has 1 atom stereocenters. The summed E-state index contributed by atoms with van der Waals surface area (Å²) in [5.41, 5.74) is -3.39. The van der Waals surface area contributed by atoms with E-state index in [4.69, 9.17) is 4.74 Å². The molecule has 0 aromatic heterocycles. The van der Waals surface area contributed by atoms with E-state index in [2.05, 4.69) is 5.32 Å². The van der Waals surface area contributed by atoms with Crippen molar-refractivity contribution in [2.75, 3.05) is 13.3 Å². The highest BCUT2D eigenvalue weighted by molar-refractivity contribution is 7.88. The van der Waals surface area contributed by atoms with E-state index in [-0.39, 0.29) is 23.0 Å². The summed E-state index contributed by atoms with van der Waals surface area (Å²) in [7, 11) is -0.852. The molecule has 0 spiro atoms. The molecule has 11 heteroatoms. The van der Waals surface area contributed by atoms with Crippen molar-refractivity contribution in [2.45, 2.75) is 45.3 Å². The summed E-state index contributed by atoms with van der Waals surface area (Å²) < 4.78 is 87.0. The summed E-state index contributed by atoms with van der Waals surface area (Å²) in [6.07, 6.45) is -9.15. The van der Waals surface area contributed by atoms with Crippen LogP contribution in [0.15, 0.2) is 103 Å². The Kier molecular flexibility index (Phi) is 11.8. The van der Waals surface area contributed by atoms with E-state index < -0.39 is 53.7 Å². The minimum atomic E-state index is -5.07. The first-order valence-electron chi connectivity index (χ1n) is 14.2. The molecule has 46 heavy (non-hydrogen) atoms. The van der Waals surface area contributed by atoms with Crippen molar-refractivity contribution < 1.29 is 52.9 Å². The van der Waals surface area contributed by atoms with Gasteiger partial charge in [-0.05, 0) is 65.6 Å². The highest BCUT2D eigenvalue weighted by Gasteiger charge is 2.48. The van der Waals surface area contributed by atoms with Crippen LogP contribution in [0.3, 0.4) is 0 Å². The quantitative estimate of drug-likeness (QED) is 0.177. The molecule has 0 aliphatic heterocycles. The van der Waals surface area contributed by atoms with Crippen molar-refractivity contribution in [3.05, 3.63) is 125 Å². The predicted molar refractivity (Wildman–Crippen MR) is 168 cm³/mol. The number of methoxy groups -OCH3 is 1. The number of hydrogen-bond donors (Lipinski definition) is 1. The van der Waals surface area contributed by atoms with Gasteiger partial charge in [-0.1, -0.05) is 69.3 Å². The molecule has 3 nitrogen and oxygen atoms in total. The van der Waals surface area contributed by atoms with E-state index >= 15 is 0 Å². The van der Waals surface area contributed by atoms with Gasteiger partial charge in [-0.3, -0.25) is 4.79 Å². The van der Waals surface area contributed by atoms with Crippen LogP contribution < -0.4 is 37.6 Å². The molecular formula is C35H35BrF6NO2P. The molecule has 0 aliphatic carbocycles. The number of carbonyl (C=O) groups excluding carboxylic acids is 1. The van der Waals surface area contributed by atoms with Gasteiger partial charge in [0.05, 0.1) is 54.5 Å². The second-order valence-electron chi connectivity index (χ2n) is 12.0. The Balaban J connectivity index is 0.00000576. The molecule has 0 radical (unpaired) electrons. The first-order valence-corrected chi connectivity index (χ1v) is 16.4. The standard InChI is InChI=1S/C35H34F6NO2P.BrH/c1-33(2,3)31(42-32(43)25-19-26(34(36,37)38)21-27(20-25)35(39,40)41)23-45(29-11-7-5-8-12-29,30-13-9-6-10-14-30)22-24-15-17-28(44-4)18-16-24;/h5-21,31H,22-23H2,1-4H3;1H/t31-;/m1./s1. The minimum Gasteiger partial charge on any atom is -1.00 e. The lowest BCUT2D eigenvalue weighted by Crippen LogP contribution is -3.00. The Hall–Kier alpha value is -3.36. The number of benzene rings is 4. The van der Waals surface area contributed by atoms with Gasteiger partial charge in [-0.25, -0.2) is 0 Å². The molecule has 0 saturated carbocycles. The Morgan fingerprint density at radius 2 is 1.20 bits per heavy atom. The highest BCUT2D eigenvalue weighted by atomic mass is 79.9. The number of ether oxygens (including phenoxy) is 1. The van der Waals surface area contributed by atoms with Crippen LogP contribution in [0.5, 0.6) is 5.75 Å². The number of nitrogens with one attached hydrogen (secondary N) is 1. The Morgan fingerprint density at radius 1 is 0.739 bits per heavy atom. The van der Waals surface area contributed by atoms with Gasteiger partial charge in [-0.2, -0.15) is 26.3 Å². The third-order valence-electron chi connectivity index (χ3n) is 7.81. The largest absolute Gasteiger partial charge is 1.00 e. The molecule has 1 amide bonds. The zero-order valence-electron chi connectivity index (χ0n) is 25.7. The minimum absolute atomic E-state index is 0. The molecule has 0 saturated heterocycles. The maximum absolute atomic E-state index is 13.6. The van der Waals surface area contributed by atoms with E-state index in [0.29, 0.717) is 30.2 Å². The van der Waals surface area contributed by atoms with Crippen molar-refractivity contribution in [1.82, 2.24) is 5.32 Å². The zero-order chi connectivity index (χ0) is 33.0. The van der Waals surface area contributed by atoms with E-state index in [1.54, 1.807) is 7.11 Å². The maximum atomic E-state index is 13.6. The van der Waals surface area contributed by atoms with E-state index in [1.807, 2.05) is 106 Å². The van der Waals surface area contributed by atoms with E-state index in [9.17, 15) is 31.1 Å². The molecule has 0 fully saturated rings. The zero-order valence-corrected chi connectivity index (χ0v) is 28.2. The lowest BCUT2D eigenvalue weighted by atomic mass is 9.87. The van der Waals surface area contributed by atoms with Crippen molar-refractivity contribution in [2.24, 2.45) is 5.41 Å². The highest BCUT2D eigenvalue weighted by Crippen LogP contribution is 2.60. The average molecular weight is 727 g/mol. The number of rotatable bonds is 9. The maximum Gasteiger partial charge on any atom is 0.416 e. The third-order valence-corrected chi connectivity index (χ3v) is 12.3. The lowest BCUT2D eigenvalue weighted by molar-refractivity contribution is -0.143. The van der Waals surface area contributed by atoms with E-state index in [1.165, 1.54) is 0 Å². The van der Waals surface area contributed by atoms with Crippen molar-refractivity contribution in [3.8, 4) is 5.75 Å². The van der Waals surface area contributed by atoms with Crippen LogP contribution in [0.1, 0.15) is 47.8 Å². The van der Waals surface area contributed by atoms with Crippen LogP contribution in [0.25, 0.3) is 0 Å². The number of amides is 1. The second kappa shape index (κ2) is 14.6. The molecule has 0 bridgehead atoms. The number of halogens is 7. The molecule has 0 unspecified atom stereocenters. The van der Waals surface area contributed by atoms with Gasteiger partial charge in [0.15, 0.2) is 0 Å². The van der Waals surface area contributed by atoms with Crippen LogP contribution in [-0.2, 0) is 18.5 Å². The van der Waals surface area contributed by atoms with Gasteiger partial charge in [0.2, 0.25) is 0 Å². The van der Waals surface area contributed by atoms with Crippen molar-refractivity contribution >= 4 is 23.8 Å². The van der Waals surface area contributed by atoms with Crippen LogP contribution in [-0.4, -0.2) is 25.2 Å². The molecule has 4 aromatic rings. The average Bonchev–Trinajstić information content (AvgIpc) is 3.00. The smallest absolute Gasteiger partial charge is 0.416 e. The lowest BCUT2D eigenvalue weighted by Gasteiger charge is -2.37. The molecule has 4 rings (SSSR count). The fourth-order valence-electron chi connectivity index (χ4n) is 5.25. The van der Waals surface area contributed by atoms with Gasteiger partial charge >= 0.3 is 12.4 Å². The van der Waals surface area contributed by atoms with Gasteiger partial charge in [0, 0.05) is 5.56 Å². The van der Waals surface area contributed by atoms with E-state index in [0.717, 1.165) is 16.2 Å². The van der Waals surface area contributed by atoms with Crippen molar-refractivity contribution in [1.29, 1.82) is 0 Å². The predicted octanol–water partition coefficient (Wildman–Crippen LogP) is 5.75. The topological polar surface area (TPSA) is 38.3 Å². The summed E-state index contributed by atoms with van der Waals surface area (Å²) in [6.45, 7) is 5.68. The van der Waals surface area contributed by atoms with Crippen LogP contribution in [0.4, 0.5) is 26.3 Å². The fraction of sp³-hybridized carbons (Fsp3) is 0.286.